The van der Waals surface area contributed by atoms with Gasteiger partial charge in [-0.05, 0) is 31.9 Å². The summed E-state index contributed by atoms with van der Waals surface area (Å²) >= 11 is 12.2. The van der Waals surface area contributed by atoms with E-state index in [1.807, 2.05) is 13.0 Å². The summed E-state index contributed by atoms with van der Waals surface area (Å²) in [5.74, 6) is 0.357. The number of hydrogen-bond acceptors (Lipinski definition) is 3. The van der Waals surface area contributed by atoms with E-state index < -0.39 is 0 Å². The summed E-state index contributed by atoms with van der Waals surface area (Å²) in [5.41, 5.74) is 0.874. The van der Waals surface area contributed by atoms with Crippen molar-refractivity contribution in [2.24, 2.45) is 0 Å². The van der Waals surface area contributed by atoms with Crippen LogP contribution < -0.4 is 15.4 Å². The number of benzene rings is 1. The van der Waals surface area contributed by atoms with Crippen LogP contribution in [0.3, 0.4) is 0 Å². The summed E-state index contributed by atoms with van der Waals surface area (Å²) in [7, 11) is 0. The smallest absolute Gasteiger partial charge is 0.257 e. The molecule has 0 spiro atoms. The first-order valence-electron chi connectivity index (χ1n) is 6.71. The zero-order chi connectivity index (χ0) is 14.5. The second kappa shape index (κ2) is 7.16. The predicted molar refractivity (Wildman–Crippen MR) is 80.5 cm³/mol. The minimum Gasteiger partial charge on any atom is -0.482 e. The van der Waals surface area contributed by atoms with Gasteiger partial charge in [-0.2, -0.15) is 0 Å². The zero-order valence-electron chi connectivity index (χ0n) is 11.3. The van der Waals surface area contributed by atoms with Gasteiger partial charge in [0.05, 0.1) is 5.02 Å². The van der Waals surface area contributed by atoms with Crippen molar-refractivity contribution in [3.8, 4) is 5.75 Å². The van der Waals surface area contributed by atoms with Crippen LogP contribution in [0.15, 0.2) is 12.1 Å². The van der Waals surface area contributed by atoms with Crippen LogP contribution in [0.4, 0.5) is 0 Å². The molecule has 2 N–H and O–H groups in total. The maximum absolute atomic E-state index is 11.5. The van der Waals surface area contributed by atoms with Gasteiger partial charge in [-0.15, -0.1) is 0 Å². The van der Waals surface area contributed by atoms with Crippen LogP contribution >= 0.6 is 23.2 Å². The first-order chi connectivity index (χ1) is 9.60. The highest BCUT2D eigenvalue weighted by atomic mass is 35.5. The number of nitrogens with one attached hydrogen (secondary N) is 2. The van der Waals surface area contributed by atoms with Crippen molar-refractivity contribution in [2.75, 3.05) is 13.2 Å². The lowest BCUT2D eigenvalue weighted by atomic mass is 10.2. The minimum atomic E-state index is -0.167. The van der Waals surface area contributed by atoms with Gasteiger partial charge in [0.1, 0.15) is 5.75 Å². The molecule has 1 amide bonds. The molecular weight excluding hydrogens is 299 g/mol. The van der Waals surface area contributed by atoms with Gasteiger partial charge in [0.2, 0.25) is 0 Å². The maximum Gasteiger partial charge on any atom is 0.257 e. The Balaban J connectivity index is 2.05. The van der Waals surface area contributed by atoms with E-state index in [4.69, 9.17) is 27.9 Å². The lowest BCUT2D eigenvalue weighted by molar-refractivity contribution is -0.122. The Hall–Kier alpha value is -0.970. The average molecular weight is 317 g/mol. The number of carbonyl (C=O) groups is 1. The standard InChI is InChI=1S/C14H18Cl2N2O2/c1-2-17-13(19)8-20-14-9(7-18-11-3-4-11)5-10(15)6-12(14)16/h5-6,11,18H,2-4,7-8H2,1H3,(H,17,19). The molecular formula is C14H18Cl2N2O2. The van der Waals surface area contributed by atoms with E-state index in [1.54, 1.807) is 6.07 Å². The van der Waals surface area contributed by atoms with Crippen molar-refractivity contribution in [1.29, 1.82) is 0 Å². The topological polar surface area (TPSA) is 50.4 Å². The molecule has 1 aliphatic rings. The molecule has 0 radical (unpaired) electrons. The van der Waals surface area contributed by atoms with Crippen molar-refractivity contribution < 1.29 is 9.53 Å². The van der Waals surface area contributed by atoms with E-state index in [9.17, 15) is 4.79 Å². The molecule has 0 heterocycles. The molecule has 4 nitrogen and oxygen atoms in total. The van der Waals surface area contributed by atoms with Gasteiger partial charge in [-0.25, -0.2) is 0 Å². The van der Waals surface area contributed by atoms with Gasteiger partial charge in [-0.1, -0.05) is 23.2 Å². The molecule has 0 aromatic heterocycles. The zero-order valence-corrected chi connectivity index (χ0v) is 12.9. The van der Waals surface area contributed by atoms with Gasteiger partial charge in [0.25, 0.3) is 5.91 Å². The molecule has 110 valence electrons. The van der Waals surface area contributed by atoms with E-state index >= 15 is 0 Å². The molecule has 0 saturated heterocycles. The lowest BCUT2D eigenvalue weighted by Crippen LogP contribution is -2.28. The summed E-state index contributed by atoms with van der Waals surface area (Å²) in [6.07, 6.45) is 2.40. The van der Waals surface area contributed by atoms with Crippen LogP contribution in [0.1, 0.15) is 25.3 Å². The Morgan fingerprint density at radius 1 is 1.40 bits per heavy atom. The molecule has 1 saturated carbocycles. The molecule has 2 rings (SSSR count). The molecule has 0 aliphatic heterocycles. The number of rotatable bonds is 7. The fourth-order valence-electron chi connectivity index (χ4n) is 1.83. The number of amides is 1. The number of hydrogen-bond donors (Lipinski definition) is 2. The molecule has 1 aromatic carbocycles. The third-order valence-corrected chi connectivity index (χ3v) is 3.46. The number of ether oxygens (including phenoxy) is 1. The molecule has 0 atom stereocenters. The number of carbonyl (C=O) groups excluding carboxylic acids is 1. The highest BCUT2D eigenvalue weighted by molar-refractivity contribution is 6.35. The monoisotopic (exact) mass is 316 g/mol. The van der Waals surface area contributed by atoms with Crippen molar-refractivity contribution in [3.05, 3.63) is 27.7 Å². The Kier molecular flexibility index (Phi) is 5.52. The van der Waals surface area contributed by atoms with E-state index in [-0.39, 0.29) is 12.5 Å². The van der Waals surface area contributed by atoms with Crippen molar-refractivity contribution in [1.82, 2.24) is 10.6 Å². The molecule has 6 heteroatoms. The Morgan fingerprint density at radius 2 is 2.15 bits per heavy atom. The maximum atomic E-state index is 11.5. The van der Waals surface area contributed by atoms with Crippen LogP contribution in [0, 0.1) is 0 Å². The van der Waals surface area contributed by atoms with Crippen LogP contribution in [0.25, 0.3) is 0 Å². The van der Waals surface area contributed by atoms with Crippen molar-refractivity contribution in [3.63, 3.8) is 0 Å². The van der Waals surface area contributed by atoms with Crippen LogP contribution in [0.5, 0.6) is 5.75 Å². The van der Waals surface area contributed by atoms with Gasteiger partial charge >= 0.3 is 0 Å². The molecule has 0 bridgehead atoms. The summed E-state index contributed by atoms with van der Waals surface area (Å²) < 4.78 is 5.55. The second-order valence-corrected chi connectivity index (χ2v) is 5.62. The fourth-order valence-corrected chi connectivity index (χ4v) is 2.42. The fraction of sp³-hybridized carbons (Fsp3) is 0.500. The Bertz CT molecular complexity index is 490. The number of halogens is 2. The third kappa shape index (κ3) is 4.54. The van der Waals surface area contributed by atoms with E-state index in [2.05, 4.69) is 10.6 Å². The average Bonchev–Trinajstić information content (AvgIpc) is 3.19. The summed E-state index contributed by atoms with van der Waals surface area (Å²) in [4.78, 5) is 11.5. The van der Waals surface area contributed by atoms with Gasteiger partial charge in [0, 0.05) is 29.7 Å². The quantitative estimate of drug-likeness (QED) is 0.813. The summed E-state index contributed by atoms with van der Waals surface area (Å²) in [6, 6.07) is 4.01. The molecule has 0 unspecified atom stereocenters. The molecule has 1 aliphatic carbocycles. The van der Waals surface area contributed by atoms with Crippen LogP contribution in [-0.2, 0) is 11.3 Å². The van der Waals surface area contributed by atoms with E-state index in [1.165, 1.54) is 12.8 Å². The van der Waals surface area contributed by atoms with Crippen LogP contribution in [0.2, 0.25) is 10.0 Å². The van der Waals surface area contributed by atoms with Crippen LogP contribution in [-0.4, -0.2) is 25.1 Å². The molecule has 1 fully saturated rings. The first kappa shape index (κ1) is 15.4. The summed E-state index contributed by atoms with van der Waals surface area (Å²) in [5, 5.41) is 7.05. The highest BCUT2D eigenvalue weighted by Crippen LogP contribution is 2.33. The lowest BCUT2D eigenvalue weighted by Gasteiger charge is -2.14. The Morgan fingerprint density at radius 3 is 2.80 bits per heavy atom. The van der Waals surface area contributed by atoms with Gasteiger partial charge in [0.15, 0.2) is 6.61 Å². The second-order valence-electron chi connectivity index (χ2n) is 4.77. The Labute approximate surface area is 128 Å². The minimum absolute atomic E-state index is 0.0500. The first-order valence-corrected chi connectivity index (χ1v) is 7.46. The highest BCUT2D eigenvalue weighted by Gasteiger charge is 2.21. The predicted octanol–water partition coefficient (Wildman–Crippen LogP) is 2.76. The molecule has 20 heavy (non-hydrogen) atoms. The largest absolute Gasteiger partial charge is 0.482 e. The van der Waals surface area contributed by atoms with E-state index in [0.717, 1.165) is 5.56 Å². The summed E-state index contributed by atoms with van der Waals surface area (Å²) in [6.45, 7) is 3.02. The van der Waals surface area contributed by atoms with Crippen molar-refractivity contribution >= 4 is 29.1 Å². The molecule has 1 aromatic rings. The van der Waals surface area contributed by atoms with E-state index in [0.29, 0.717) is 34.9 Å². The SMILES string of the molecule is CCNC(=O)COc1c(Cl)cc(Cl)cc1CNC1CC1. The van der Waals surface area contributed by atoms with Gasteiger partial charge < -0.3 is 15.4 Å². The normalized spacial score (nSPS) is 14.2. The van der Waals surface area contributed by atoms with Crippen molar-refractivity contribution in [2.45, 2.75) is 32.4 Å². The number of likely N-dealkylation sites (N-methyl/N-ethyl adjacent to an activating group) is 1. The third-order valence-electron chi connectivity index (χ3n) is 2.97. The van der Waals surface area contributed by atoms with Gasteiger partial charge in [-0.3, -0.25) is 4.79 Å².